The molecule has 0 atom stereocenters. The molecular formula is C6H15NO4. The van der Waals surface area contributed by atoms with E-state index in [1.165, 1.54) is 0 Å². The molecule has 0 bridgehead atoms. The minimum Gasteiger partial charge on any atom is -0.481 e. The number of hydrogen-bond donors (Lipinski definition) is 3. The summed E-state index contributed by atoms with van der Waals surface area (Å²) in [7, 11) is 3.75. The van der Waals surface area contributed by atoms with E-state index in [0.717, 1.165) is 13.8 Å². The number of rotatable bonds is 0. The van der Waals surface area contributed by atoms with E-state index in [2.05, 4.69) is 5.32 Å². The molecule has 5 nitrogen and oxygen atoms in total. The zero-order valence-corrected chi connectivity index (χ0v) is 7.21. The van der Waals surface area contributed by atoms with Gasteiger partial charge in [0.15, 0.2) is 0 Å². The Bertz CT molecular complexity index is 82.8. The van der Waals surface area contributed by atoms with Crippen LogP contribution in [0.2, 0.25) is 0 Å². The van der Waals surface area contributed by atoms with Crippen LogP contribution in [0, 0.1) is 0 Å². The fourth-order valence-electron chi connectivity index (χ4n) is 0. The molecule has 0 amide bonds. The fraction of sp³-hybridized carbons (Fsp3) is 0.667. The first kappa shape index (κ1) is 16.5. The lowest BCUT2D eigenvalue weighted by molar-refractivity contribution is -0.135. The van der Waals surface area contributed by atoms with Crippen molar-refractivity contribution in [1.82, 2.24) is 5.32 Å². The highest BCUT2D eigenvalue weighted by molar-refractivity contribution is 5.63. The van der Waals surface area contributed by atoms with Crippen molar-refractivity contribution < 1.29 is 19.8 Å². The molecule has 0 aromatic carbocycles. The van der Waals surface area contributed by atoms with E-state index < -0.39 is 11.9 Å². The molecule has 5 heteroatoms. The second-order valence-electron chi connectivity index (χ2n) is 1.54. The summed E-state index contributed by atoms with van der Waals surface area (Å²) in [5.74, 6) is -1.67. The molecule has 0 saturated carbocycles. The molecule has 0 rings (SSSR count). The van der Waals surface area contributed by atoms with Crippen LogP contribution in [0.4, 0.5) is 0 Å². The van der Waals surface area contributed by atoms with E-state index in [-0.39, 0.29) is 0 Å². The van der Waals surface area contributed by atoms with Crippen LogP contribution in [0.15, 0.2) is 0 Å². The quantitative estimate of drug-likeness (QED) is 0.471. The first-order chi connectivity index (χ1) is 4.88. The monoisotopic (exact) mass is 165 g/mol. The van der Waals surface area contributed by atoms with E-state index >= 15 is 0 Å². The lowest BCUT2D eigenvalue weighted by Crippen LogP contribution is -1.89. The van der Waals surface area contributed by atoms with Crippen molar-refractivity contribution in [3.05, 3.63) is 0 Å². The zero-order valence-electron chi connectivity index (χ0n) is 7.21. The number of carboxylic acid groups (broad SMARTS) is 2. The van der Waals surface area contributed by atoms with E-state index in [4.69, 9.17) is 19.8 Å². The van der Waals surface area contributed by atoms with Gasteiger partial charge >= 0.3 is 0 Å². The van der Waals surface area contributed by atoms with Crippen molar-refractivity contribution in [2.45, 2.75) is 13.8 Å². The molecule has 0 aromatic rings. The van der Waals surface area contributed by atoms with E-state index in [1.807, 2.05) is 14.1 Å². The third kappa shape index (κ3) is 350. The second kappa shape index (κ2) is 16.0. The van der Waals surface area contributed by atoms with E-state index in [1.54, 1.807) is 0 Å². The second-order valence-corrected chi connectivity index (χ2v) is 1.54. The first-order valence-corrected chi connectivity index (χ1v) is 2.86. The van der Waals surface area contributed by atoms with Crippen molar-refractivity contribution in [1.29, 1.82) is 0 Å². The number of aliphatic carboxylic acids is 2. The minimum absolute atomic E-state index is 0.833. The van der Waals surface area contributed by atoms with Crippen molar-refractivity contribution in [2.24, 2.45) is 0 Å². The van der Waals surface area contributed by atoms with Crippen molar-refractivity contribution in [2.75, 3.05) is 14.1 Å². The maximum absolute atomic E-state index is 9.00. The molecule has 0 heterocycles. The molecule has 68 valence electrons. The molecule has 0 spiro atoms. The van der Waals surface area contributed by atoms with Gasteiger partial charge in [-0.3, -0.25) is 9.59 Å². The van der Waals surface area contributed by atoms with Gasteiger partial charge in [-0.25, -0.2) is 0 Å². The van der Waals surface area contributed by atoms with Crippen LogP contribution < -0.4 is 5.32 Å². The van der Waals surface area contributed by atoms with Gasteiger partial charge in [0.2, 0.25) is 0 Å². The standard InChI is InChI=1S/C2H7N.2C2H4O2/c1-3-2;2*1-2(3)4/h3H,1-2H3;2*1H3,(H,3,4). The van der Waals surface area contributed by atoms with Crippen molar-refractivity contribution in [3.8, 4) is 0 Å². The molecular weight excluding hydrogens is 150 g/mol. The topological polar surface area (TPSA) is 86.6 Å². The number of carboxylic acids is 2. The van der Waals surface area contributed by atoms with Gasteiger partial charge in [0.25, 0.3) is 11.9 Å². The largest absolute Gasteiger partial charge is 0.481 e. The first-order valence-electron chi connectivity index (χ1n) is 2.86. The van der Waals surface area contributed by atoms with Crippen LogP contribution in [0.5, 0.6) is 0 Å². The summed E-state index contributed by atoms with van der Waals surface area (Å²) >= 11 is 0. The van der Waals surface area contributed by atoms with Crippen LogP contribution in [0.1, 0.15) is 13.8 Å². The molecule has 0 aliphatic heterocycles. The SMILES string of the molecule is CC(=O)O.CC(=O)O.CNC. The van der Waals surface area contributed by atoms with Gasteiger partial charge in [0.05, 0.1) is 0 Å². The Morgan fingerprint density at radius 3 is 1.00 bits per heavy atom. The Hall–Kier alpha value is -1.10. The molecule has 11 heavy (non-hydrogen) atoms. The lowest BCUT2D eigenvalue weighted by atomic mass is 10.9. The van der Waals surface area contributed by atoms with Gasteiger partial charge in [-0.15, -0.1) is 0 Å². The Morgan fingerprint density at radius 2 is 1.00 bits per heavy atom. The Balaban J connectivity index is -0.0000000886. The number of nitrogens with one attached hydrogen (secondary N) is 1. The normalized spacial score (nSPS) is 6.18. The van der Waals surface area contributed by atoms with Crippen LogP contribution >= 0.6 is 0 Å². The van der Waals surface area contributed by atoms with Crippen LogP contribution in [-0.2, 0) is 9.59 Å². The summed E-state index contributed by atoms with van der Waals surface area (Å²) in [5, 5.41) is 17.6. The highest BCUT2D eigenvalue weighted by Crippen LogP contribution is 1.42. The highest BCUT2D eigenvalue weighted by atomic mass is 16.4. The van der Waals surface area contributed by atoms with Gasteiger partial charge < -0.3 is 15.5 Å². The molecule has 0 aliphatic rings. The number of carbonyl (C=O) groups is 2. The third-order valence-electron chi connectivity index (χ3n) is 0. The van der Waals surface area contributed by atoms with Crippen LogP contribution in [0.3, 0.4) is 0 Å². The smallest absolute Gasteiger partial charge is 0.300 e. The van der Waals surface area contributed by atoms with Gasteiger partial charge in [-0.1, -0.05) is 0 Å². The maximum atomic E-state index is 9.00. The highest BCUT2D eigenvalue weighted by Gasteiger charge is 1.65. The van der Waals surface area contributed by atoms with E-state index in [9.17, 15) is 0 Å². The van der Waals surface area contributed by atoms with Gasteiger partial charge in [0, 0.05) is 13.8 Å². The summed E-state index contributed by atoms with van der Waals surface area (Å²) < 4.78 is 0. The van der Waals surface area contributed by atoms with E-state index in [0.29, 0.717) is 0 Å². The van der Waals surface area contributed by atoms with Crippen LogP contribution in [0.25, 0.3) is 0 Å². The minimum atomic E-state index is -0.833. The van der Waals surface area contributed by atoms with Crippen molar-refractivity contribution >= 4 is 11.9 Å². The molecule has 0 fully saturated rings. The average molecular weight is 165 g/mol. The zero-order chi connectivity index (χ0) is 9.86. The number of hydrogen-bond acceptors (Lipinski definition) is 3. The summed E-state index contributed by atoms with van der Waals surface area (Å²) in [4.78, 5) is 18.0. The maximum Gasteiger partial charge on any atom is 0.300 e. The summed E-state index contributed by atoms with van der Waals surface area (Å²) in [6.45, 7) is 2.17. The Kier molecular flexibility index (Phi) is 23.9. The van der Waals surface area contributed by atoms with Gasteiger partial charge in [-0.05, 0) is 14.1 Å². The molecule has 0 aromatic heterocycles. The summed E-state index contributed by atoms with van der Waals surface area (Å²) in [6.07, 6.45) is 0. The van der Waals surface area contributed by atoms with Gasteiger partial charge in [-0.2, -0.15) is 0 Å². The Morgan fingerprint density at radius 1 is 1.00 bits per heavy atom. The summed E-state index contributed by atoms with van der Waals surface area (Å²) in [5.41, 5.74) is 0. The third-order valence-corrected chi connectivity index (χ3v) is 0. The predicted octanol–water partition coefficient (Wildman–Crippen LogP) is 0.0174. The van der Waals surface area contributed by atoms with Crippen LogP contribution in [-0.4, -0.2) is 36.2 Å². The summed E-state index contributed by atoms with van der Waals surface area (Å²) in [6, 6.07) is 0. The molecule has 0 radical (unpaired) electrons. The average Bonchev–Trinajstić information content (AvgIpc) is 1.60. The lowest BCUT2D eigenvalue weighted by Gasteiger charge is -1.59. The molecule has 0 saturated heterocycles. The Labute approximate surface area is 66.0 Å². The fourth-order valence-corrected chi connectivity index (χ4v) is 0. The molecule has 0 unspecified atom stereocenters. The predicted molar refractivity (Wildman–Crippen MR) is 41.6 cm³/mol. The molecule has 3 N–H and O–H groups in total. The van der Waals surface area contributed by atoms with Crippen molar-refractivity contribution in [3.63, 3.8) is 0 Å². The van der Waals surface area contributed by atoms with Gasteiger partial charge in [0.1, 0.15) is 0 Å². The molecule has 0 aliphatic carbocycles.